The van der Waals surface area contributed by atoms with Gasteiger partial charge < -0.3 is 4.90 Å². The molecule has 0 saturated carbocycles. The Morgan fingerprint density at radius 3 is 2.86 bits per heavy atom. The van der Waals surface area contributed by atoms with E-state index in [1.165, 1.54) is 6.42 Å². The van der Waals surface area contributed by atoms with Crippen LogP contribution >= 0.6 is 0 Å². The summed E-state index contributed by atoms with van der Waals surface area (Å²) in [4.78, 5) is 21.4. The van der Waals surface area contributed by atoms with Crippen molar-refractivity contribution in [3.8, 4) is 23.0 Å². The van der Waals surface area contributed by atoms with Crippen LogP contribution in [0.2, 0.25) is 0 Å². The van der Waals surface area contributed by atoms with Gasteiger partial charge in [-0.15, -0.1) is 10.2 Å². The zero-order valence-electron chi connectivity index (χ0n) is 20.3. The normalized spacial score (nSPS) is 19.0. The van der Waals surface area contributed by atoms with Gasteiger partial charge >= 0.3 is 0 Å². The summed E-state index contributed by atoms with van der Waals surface area (Å²) in [5, 5.41) is 14.7. The average Bonchev–Trinajstić information content (AvgIpc) is 3.50. The quantitative estimate of drug-likeness (QED) is 0.381. The Kier molecular flexibility index (Phi) is 4.63. The molecule has 2 aliphatic rings. The summed E-state index contributed by atoms with van der Waals surface area (Å²) in [5.41, 5.74) is 2.53. The molecule has 0 aliphatic carbocycles. The van der Waals surface area contributed by atoms with Crippen LogP contribution in [-0.2, 0) is 5.54 Å². The fourth-order valence-corrected chi connectivity index (χ4v) is 5.92. The molecule has 0 N–H and O–H groups in total. The first-order valence-electron chi connectivity index (χ1n) is 12.5. The number of fused-ring (bicyclic) bond motifs is 7. The number of nitrogens with zero attached hydrogens (tertiary/aromatic N) is 10. The summed E-state index contributed by atoms with van der Waals surface area (Å²) in [5.74, 6) is 3.93. The number of benzene rings is 1. The van der Waals surface area contributed by atoms with E-state index in [4.69, 9.17) is 9.97 Å². The number of rotatable bonds is 3. The molecule has 2 aliphatic heterocycles. The van der Waals surface area contributed by atoms with Crippen molar-refractivity contribution in [1.29, 1.82) is 0 Å². The van der Waals surface area contributed by atoms with Gasteiger partial charge in [-0.1, -0.05) is 38.0 Å². The minimum absolute atomic E-state index is 0.233. The predicted octanol–water partition coefficient (Wildman–Crippen LogP) is 4.16. The van der Waals surface area contributed by atoms with E-state index in [9.17, 15) is 0 Å². The van der Waals surface area contributed by atoms with E-state index in [-0.39, 0.29) is 5.54 Å². The highest BCUT2D eigenvalue weighted by Gasteiger charge is 2.47. The van der Waals surface area contributed by atoms with Gasteiger partial charge in [0, 0.05) is 23.7 Å². The molecule has 1 atom stereocenters. The van der Waals surface area contributed by atoms with Gasteiger partial charge in [0.15, 0.2) is 17.5 Å². The van der Waals surface area contributed by atoms with Crippen molar-refractivity contribution in [3.05, 3.63) is 60.7 Å². The summed E-state index contributed by atoms with van der Waals surface area (Å²) in [6.07, 6.45) is 10.7. The fourth-order valence-electron chi connectivity index (χ4n) is 5.92. The van der Waals surface area contributed by atoms with Gasteiger partial charge in [0.2, 0.25) is 0 Å². The summed E-state index contributed by atoms with van der Waals surface area (Å²) < 4.78 is 3.87. The zero-order chi connectivity index (χ0) is 24.3. The molecular weight excluding hydrogens is 452 g/mol. The van der Waals surface area contributed by atoms with Crippen LogP contribution < -0.4 is 4.90 Å². The van der Waals surface area contributed by atoms with Gasteiger partial charge in [0.25, 0.3) is 5.95 Å². The van der Waals surface area contributed by atoms with E-state index >= 15 is 0 Å². The van der Waals surface area contributed by atoms with Crippen LogP contribution in [0.25, 0.3) is 33.9 Å². The van der Waals surface area contributed by atoms with Gasteiger partial charge in [0.1, 0.15) is 23.4 Å². The van der Waals surface area contributed by atoms with Crippen molar-refractivity contribution in [3.63, 3.8) is 0 Å². The molecule has 36 heavy (non-hydrogen) atoms. The van der Waals surface area contributed by atoms with E-state index < -0.39 is 0 Å². The molecule has 180 valence electrons. The van der Waals surface area contributed by atoms with Crippen molar-refractivity contribution in [2.24, 2.45) is 0 Å². The van der Waals surface area contributed by atoms with E-state index in [1.54, 1.807) is 17.2 Å². The van der Waals surface area contributed by atoms with Gasteiger partial charge in [-0.2, -0.15) is 14.8 Å². The summed E-state index contributed by atoms with van der Waals surface area (Å²) in [6.45, 7) is 5.15. The lowest BCUT2D eigenvalue weighted by Gasteiger charge is -2.46. The van der Waals surface area contributed by atoms with Crippen LogP contribution in [0.15, 0.2) is 49.1 Å². The van der Waals surface area contributed by atoms with Gasteiger partial charge in [-0.3, -0.25) is 9.55 Å². The number of anilines is 1. The minimum atomic E-state index is -0.233. The standard InChI is InChI=1S/C26H26N10/c1-3-26-12-5-4-6-14-34(26)23-21(35-17(2)32-33-24(26)35)15-28-25(31-23)36-22(29-16-30-36)19-9-7-11-20-18(19)10-8-13-27-20/h7-11,13,15-16H,3-6,12,14H2,1-2H3. The van der Waals surface area contributed by atoms with Crippen molar-refractivity contribution in [1.82, 2.24) is 44.5 Å². The van der Waals surface area contributed by atoms with Crippen molar-refractivity contribution in [2.75, 3.05) is 11.4 Å². The Balaban J connectivity index is 1.43. The number of aryl methyl sites for hydroxylation is 1. The fraction of sp³-hybridized carbons (Fsp3) is 0.346. The Morgan fingerprint density at radius 1 is 1.00 bits per heavy atom. The maximum absolute atomic E-state index is 5.14. The highest BCUT2D eigenvalue weighted by atomic mass is 15.4. The zero-order valence-corrected chi connectivity index (χ0v) is 20.3. The van der Waals surface area contributed by atoms with Crippen LogP contribution in [0.5, 0.6) is 0 Å². The lowest BCUT2D eigenvalue weighted by Crippen LogP contribution is -2.51. The number of hydrogen-bond donors (Lipinski definition) is 0. The largest absolute Gasteiger partial charge is 0.342 e. The Morgan fingerprint density at radius 2 is 1.94 bits per heavy atom. The van der Waals surface area contributed by atoms with Crippen molar-refractivity contribution < 1.29 is 0 Å². The molecule has 1 unspecified atom stereocenters. The van der Waals surface area contributed by atoms with E-state index in [0.717, 1.165) is 71.8 Å². The van der Waals surface area contributed by atoms with Gasteiger partial charge in [-0.25, -0.2) is 9.97 Å². The molecule has 0 amide bonds. The topological polar surface area (TPSA) is 103 Å². The summed E-state index contributed by atoms with van der Waals surface area (Å²) >= 11 is 0. The van der Waals surface area contributed by atoms with Crippen LogP contribution in [0.4, 0.5) is 5.82 Å². The first-order valence-corrected chi connectivity index (χ1v) is 12.5. The monoisotopic (exact) mass is 478 g/mol. The average molecular weight is 479 g/mol. The lowest BCUT2D eigenvalue weighted by atomic mass is 9.86. The molecule has 5 aromatic rings. The Bertz CT molecular complexity index is 1600. The third-order valence-corrected chi connectivity index (χ3v) is 7.67. The molecular formula is C26H26N10. The van der Waals surface area contributed by atoms with Gasteiger partial charge in [-0.05, 0) is 38.3 Å². The first kappa shape index (κ1) is 21.1. The van der Waals surface area contributed by atoms with E-state index in [2.05, 4.69) is 41.7 Å². The summed E-state index contributed by atoms with van der Waals surface area (Å²) in [7, 11) is 0. The molecule has 1 saturated heterocycles. The molecule has 7 rings (SSSR count). The van der Waals surface area contributed by atoms with Crippen molar-refractivity contribution in [2.45, 2.75) is 51.5 Å². The third-order valence-electron chi connectivity index (χ3n) is 7.67. The highest BCUT2D eigenvalue weighted by molar-refractivity contribution is 5.92. The molecule has 0 radical (unpaired) electrons. The van der Waals surface area contributed by atoms with Gasteiger partial charge in [0.05, 0.1) is 11.7 Å². The maximum Gasteiger partial charge on any atom is 0.254 e. The third kappa shape index (κ3) is 2.87. The second-order valence-corrected chi connectivity index (χ2v) is 9.50. The maximum atomic E-state index is 5.14. The number of hydrogen-bond acceptors (Lipinski definition) is 8. The summed E-state index contributed by atoms with van der Waals surface area (Å²) in [6, 6.07) is 10.0. The van der Waals surface area contributed by atoms with Crippen LogP contribution in [-0.4, -0.2) is 51.0 Å². The van der Waals surface area contributed by atoms with Crippen molar-refractivity contribution >= 4 is 16.7 Å². The molecule has 6 heterocycles. The molecule has 10 heteroatoms. The number of aromatic nitrogens is 9. The van der Waals surface area contributed by atoms with Crippen LogP contribution in [0.1, 0.15) is 50.7 Å². The van der Waals surface area contributed by atoms with E-state index in [1.807, 2.05) is 43.5 Å². The molecule has 0 spiro atoms. The Hall–Kier alpha value is -4.21. The van der Waals surface area contributed by atoms with Crippen LogP contribution in [0.3, 0.4) is 0 Å². The first-order chi connectivity index (χ1) is 17.7. The molecule has 0 bridgehead atoms. The minimum Gasteiger partial charge on any atom is -0.342 e. The lowest BCUT2D eigenvalue weighted by molar-refractivity contribution is 0.329. The molecule has 4 aromatic heterocycles. The van der Waals surface area contributed by atoms with E-state index in [0.29, 0.717) is 11.8 Å². The Labute approximate surface area is 208 Å². The second kappa shape index (κ2) is 7.91. The smallest absolute Gasteiger partial charge is 0.254 e. The second-order valence-electron chi connectivity index (χ2n) is 9.50. The highest BCUT2D eigenvalue weighted by Crippen LogP contribution is 2.47. The molecule has 1 aromatic carbocycles. The van der Waals surface area contributed by atoms with Crippen LogP contribution in [0, 0.1) is 6.92 Å². The number of pyridine rings is 1. The molecule has 1 fully saturated rings. The molecule has 10 nitrogen and oxygen atoms in total. The predicted molar refractivity (Wildman–Crippen MR) is 135 cm³/mol. The SMILES string of the molecule is CCC12CCCCCN1c1nc(-n3ncnc3-c3cccc4ncccc34)ncc1-n1c(C)nnc12.